The van der Waals surface area contributed by atoms with Gasteiger partial charge in [-0.05, 0) is 41.0 Å². The van der Waals surface area contributed by atoms with E-state index >= 15 is 0 Å². The molecular formula is C17H14N2O. The Kier molecular flexibility index (Phi) is 3.33. The lowest BCUT2D eigenvalue weighted by Gasteiger charge is -2.06. The topological polar surface area (TPSA) is 48.9 Å². The fourth-order valence-electron chi connectivity index (χ4n) is 2.09. The van der Waals surface area contributed by atoms with Crippen molar-refractivity contribution in [2.24, 2.45) is 0 Å². The molecule has 0 amide bonds. The molecule has 1 aromatic heterocycles. The van der Waals surface area contributed by atoms with Gasteiger partial charge in [-0.25, -0.2) is 0 Å². The first-order chi connectivity index (χ1) is 9.83. The average Bonchev–Trinajstić information content (AvgIpc) is 3.00. The molecule has 0 spiro atoms. The lowest BCUT2D eigenvalue weighted by atomic mass is 9.99. The van der Waals surface area contributed by atoms with Gasteiger partial charge in [0.15, 0.2) is 0 Å². The summed E-state index contributed by atoms with van der Waals surface area (Å²) in [4.78, 5) is 0. The molecule has 0 saturated carbocycles. The number of rotatable bonds is 3. The monoisotopic (exact) mass is 262 g/mol. The summed E-state index contributed by atoms with van der Waals surface area (Å²) in [5, 5.41) is 16.2. The predicted molar refractivity (Wildman–Crippen MR) is 81.1 cm³/mol. The van der Waals surface area contributed by atoms with E-state index in [1.807, 2.05) is 36.4 Å². The third-order valence-corrected chi connectivity index (χ3v) is 3.10. The highest BCUT2D eigenvalue weighted by Crippen LogP contribution is 2.26. The average molecular weight is 262 g/mol. The van der Waals surface area contributed by atoms with Crippen molar-refractivity contribution in [3.8, 4) is 16.9 Å². The van der Waals surface area contributed by atoms with E-state index in [2.05, 4.69) is 28.4 Å². The van der Waals surface area contributed by atoms with Crippen LogP contribution in [0.1, 0.15) is 11.3 Å². The maximum Gasteiger partial charge on any atom is 0.115 e. The molecule has 0 fully saturated rings. The van der Waals surface area contributed by atoms with Crippen LogP contribution in [-0.2, 0) is 0 Å². The first-order valence-corrected chi connectivity index (χ1v) is 6.39. The Balaban J connectivity index is 1.98. The summed E-state index contributed by atoms with van der Waals surface area (Å²) in [5.41, 5.74) is 4.29. The van der Waals surface area contributed by atoms with Gasteiger partial charge in [0.1, 0.15) is 5.75 Å². The molecule has 0 aliphatic rings. The minimum Gasteiger partial charge on any atom is -0.508 e. The fraction of sp³-hybridized carbons (Fsp3) is 0. The molecule has 0 saturated heterocycles. The third kappa shape index (κ3) is 2.62. The van der Waals surface area contributed by atoms with Crippen LogP contribution >= 0.6 is 0 Å². The summed E-state index contributed by atoms with van der Waals surface area (Å²) < 4.78 is 0. The number of H-pyrrole nitrogens is 1. The van der Waals surface area contributed by atoms with Crippen molar-refractivity contribution in [3.63, 3.8) is 0 Å². The number of nitrogens with zero attached hydrogens (tertiary/aromatic N) is 1. The van der Waals surface area contributed by atoms with Crippen molar-refractivity contribution in [1.29, 1.82) is 0 Å². The number of benzene rings is 2. The second kappa shape index (κ2) is 5.45. The molecule has 0 unspecified atom stereocenters. The van der Waals surface area contributed by atoms with Gasteiger partial charge in [0.05, 0.1) is 5.69 Å². The molecule has 0 atom stereocenters. The summed E-state index contributed by atoms with van der Waals surface area (Å²) in [7, 11) is 0. The zero-order chi connectivity index (χ0) is 13.8. The molecule has 0 radical (unpaired) electrons. The summed E-state index contributed by atoms with van der Waals surface area (Å²) in [5.74, 6) is 0.277. The summed E-state index contributed by atoms with van der Waals surface area (Å²) in [6.07, 6.45) is 5.77. The summed E-state index contributed by atoms with van der Waals surface area (Å²) >= 11 is 0. The van der Waals surface area contributed by atoms with Gasteiger partial charge in [0, 0.05) is 6.20 Å². The highest BCUT2D eigenvalue weighted by molar-refractivity contribution is 5.80. The van der Waals surface area contributed by atoms with Crippen molar-refractivity contribution in [1.82, 2.24) is 10.2 Å². The zero-order valence-electron chi connectivity index (χ0n) is 10.8. The zero-order valence-corrected chi connectivity index (χ0v) is 10.8. The van der Waals surface area contributed by atoms with E-state index in [9.17, 15) is 5.11 Å². The third-order valence-electron chi connectivity index (χ3n) is 3.10. The highest BCUT2D eigenvalue weighted by Gasteiger charge is 2.02. The molecule has 3 heteroatoms. The molecule has 3 nitrogen and oxygen atoms in total. The minimum atomic E-state index is 0.277. The molecule has 98 valence electrons. The SMILES string of the molecule is Oc1ccc(-c2ccccc2C=Cc2ccn[nH]2)cc1. The van der Waals surface area contributed by atoms with Crippen LogP contribution in [0.5, 0.6) is 5.75 Å². The van der Waals surface area contributed by atoms with Crippen LogP contribution in [0.3, 0.4) is 0 Å². The number of nitrogens with one attached hydrogen (secondary N) is 1. The van der Waals surface area contributed by atoms with E-state index in [0.717, 1.165) is 22.4 Å². The van der Waals surface area contributed by atoms with Crippen LogP contribution in [0.25, 0.3) is 23.3 Å². The lowest BCUT2D eigenvalue weighted by molar-refractivity contribution is 0.475. The number of aromatic hydroxyl groups is 1. The van der Waals surface area contributed by atoms with Crippen LogP contribution in [0.2, 0.25) is 0 Å². The molecule has 1 heterocycles. The molecule has 0 bridgehead atoms. The molecule has 0 aliphatic heterocycles. The van der Waals surface area contributed by atoms with Crippen molar-refractivity contribution in [3.05, 3.63) is 72.1 Å². The number of phenols is 1. The van der Waals surface area contributed by atoms with Gasteiger partial charge in [-0.3, -0.25) is 5.10 Å². The van der Waals surface area contributed by atoms with Crippen molar-refractivity contribution in [2.75, 3.05) is 0 Å². The molecule has 20 heavy (non-hydrogen) atoms. The first kappa shape index (κ1) is 12.2. The van der Waals surface area contributed by atoms with Gasteiger partial charge in [-0.15, -0.1) is 0 Å². The number of hydrogen-bond donors (Lipinski definition) is 2. The standard InChI is InChI=1S/C17H14N2O/c20-16-9-6-14(7-10-16)17-4-2-1-3-13(17)5-8-15-11-12-18-19-15/h1-12,20H,(H,18,19). The summed E-state index contributed by atoms with van der Waals surface area (Å²) in [6.45, 7) is 0. The molecule has 3 aromatic rings. The quantitative estimate of drug-likeness (QED) is 0.750. The number of phenolic OH excluding ortho intramolecular Hbond substituents is 1. The van der Waals surface area contributed by atoms with Gasteiger partial charge in [0.25, 0.3) is 0 Å². The van der Waals surface area contributed by atoms with E-state index in [4.69, 9.17) is 0 Å². The highest BCUT2D eigenvalue weighted by atomic mass is 16.3. The van der Waals surface area contributed by atoms with Crippen molar-refractivity contribution >= 4 is 12.2 Å². The van der Waals surface area contributed by atoms with Crippen LogP contribution in [0.15, 0.2) is 60.8 Å². The molecular weight excluding hydrogens is 248 g/mol. The number of hydrogen-bond acceptors (Lipinski definition) is 2. The van der Waals surface area contributed by atoms with Gasteiger partial charge >= 0.3 is 0 Å². The van der Waals surface area contributed by atoms with E-state index in [1.165, 1.54) is 0 Å². The Morgan fingerprint density at radius 2 is 1.70 bits per heavy atom. The Morgan fingerprint density at radius 3 is 2.45 bits per heavy atom. The van der Waals surface area contributed by atoms with Crippen LogP contribution in [0, 0.1) is 0 Å². The van der Waals surface area contributed by atoms with Gasteiger partial charge in [-0.1, -0.05) is 42.5 Å². The van der Waals surface area contributed by atoms with E-state index in [0.29, 0.717) is 0 Å². The number of aromatic nitrogens is 2. The summed E-state index contributed by atoms with van der Waals surface area (Å²) in [6, 6.07) is 17.3. The van der Waals surface area contributed by atoms with E-state index < -0.39 is 0 Å². The lowest BCUT2D eigenvalue weighted by Crippen LogP contribution is -1.82. The van der Waals surface area contributed by atoms with Gasteiger partial charge in [0.2, 0.25) is 0 Å². The molecule has 3 rings (SSSR count). The smallest absolute Gasteiger partial charge is 0.115 e. The molecule has 2 N–H and O–H groups in total. The van der Waals surface area contributed by atoms with Crippen LogP contribution < -0.4 is 0 Å². The van der Waals surface area contributed by atoms with Gasteiger partial charge in [-0.2, -0.15) is 5.10 Å². The normalized spacial score (nSPS) is 11.0. The number of aromatic amines is 1. The first-order valence-electron chi connectivity index (χ1n) is 6.39. The maximum absolute atomic E-state index is 9.38. The second-order valence-corrected chi connectivity index (χ2v) is 4.48. The van der Waals surface area contributed by atoms with Crippen molar-refractivity contribution in [2.45, 2.75) is 0 Å². The van der Waals surface area contributed by atoms with E-state index in [1.54, 1.807) is 18.3 Å². The molecule has 2 aromatic carbocycles. The van der Waals surface area contributed by atoms with Gasteiger partial charge < -0.3 is 5.11 Å². The Bertz CT molecular complexity index is 713. The van der Waals surface area contributed by atoms with Crippen LogP contribution in [0.4, 0.5) is 0 Å². The minimum absolute atomic E-state index is 0.277. The van der Waals surface area contributed by atoms with E-state index in [-0.39, 0.29) is 5.75 Å². The maximum atomic E-state index is 9.38. The van der Waals surface area contributed by atoms with Crippen LogP contribution in [-0.4, -0.2) is 15.3 Å². The second-order valence-electron chi connectivity index (χ2n) is 4.48. The fourth-order valence-corrected chi connectivity index (χ4v) is 2.09. The van der Waals surface area contributed by atoms with Crippen molar-refractivity contribution < 1.29 is 5.11 Å². The Hall–Kier alpha value is -2.81. The Morgan fingerprint density at radius 1 is 0.900 bits per heavy atom. The predicted octanol–water partition coefficient (Wildman–Crippen LogP) is 3.95. The Labute approximate surface area is 117 Å². The largest absolute Gasteiger partial charge is 0.508 e. The molecule has 0 aliphatic carbocycles.